The van der Waals surface area contributed by atoms with Crippen molar-refractivity contribution in [1.29, 1.82) is 0 Å². The van der Waals surface area contributed by atoms with E-state index in [0.29, 0.717) is 19.0 Å². The van der Waals surface area contributed by atoms with Gasteiger partial charge >= 0.3 is 0 Å². The molecule has 0 saturated carbocycles. The molecule has 1 aliphatic heterocycles. The molecule has 1 aromatic heterocycles. The van der Waals surface area contributed by atoms with Gasteiger partial charge in [-0.05, 0) is 68.5 Å². The number of anilines is 3. The maximum atomic E-state index is 12.8. The second kappa shape index (κ2) is 9.81. The van der Waals surface area contributed by atoms with Crippen LogP contribution in [0.2, 0.25) is 0 Å². The van der Waals surface area contributed by atoms with Gasteiger partial charge < -0.3 is 15.5 Å². The van der Waals surface area contributed by atoms with E-state index >= 15 is 0 Å². The van der Waals surface area contributed by atoms with E-state index < -0.39 is 0 Å². The molecule has 1 fully saturated rings. The van der Waals surface area contributed by atoms with Crippen LogP contribution >= 0.6 is 0 Å². The lowest BCUT2D eigenvalue weighted by molar-refractivity contribution is -0.125. The minimum Gasteiger partial charge on any atom is -0.356 e. The van der Waals surface area contributed by atoms with E-state index in [2.05, 4.69) is 83.8 Å². The predicted molar refractivity (Wildman–Crippen MR) is 129 cm³/mol. The smallest absolute Gasteiger partial charge is 0.229 e. The summed E-state index contributed by atoms with van der Waals surface area (Å²) in [5.41, 5.74) is 5.71. The number of piperidine rings is 1. The Morgan fingerprint density at radius 2 is 1.78 bits per heavy atom. The van der Waals surface area contributed by atoms with E-state index in [0.717, 1.165) is 36.5 Å². The topological polar surface area (TPSA) is 70.2 Å². The summed E-state index contributed by atoms with van der Waals surface area (Å²) in [6, 6.07) is 16.5. The highest BCUT2D eigenvalue weighted by molar-refractivity contribution is 5.79. The van der Waals surface area contributed by atoms with Gasteiger partial charge in [-0.25, -0.2) is 4.98 Å². The molecular weight excluding hydrogens is 398 g/mol. The van der Waals surface area contributed by atoms with E-state index in [1.54, 1.807) is 6.20 Å². The van der Waals surface area contributed by atoms with Crippen LogP contribution in [0, 0.1) is 26.7 Å². The van der Waals surface area contributed by atoms with E-state index in [1.165, 1.54) is 16.7 Å². The molecule has 166 valence electrons. The van der Waals surface area contributed by atoms with Gasteiger partial charge in [-0.1, -0.05) is 35.9 Å². The summed E-state index contributed by atoms with van der Waals surface area (Å²) < 4.78 is 0. The molecule has 6 heteroatoms. The Bertz CT molecular complexity index is 1060. The molecule has 2 heterocycles. The van der Waals surface area contributed by atoms with E-state index in [4.69, 9.17) is 4.98 Å². The zero-order valence-electron chi connectivity index (χ0n) is 19.1. The summed E-state index contributed by atoms with van der Waals surface area (Å²) in [6.07, 6.45) is 3.63. The Morgan fingerprint density at radius 1 is 1.03 bits per heavy atom. The summed E-state index contributed by atoms with van der Waals surface area (Å²) in [5, 5.41) is 6.42. The number of hydrogen-bond acceptors (Lipinski definition) is 5. The van der Waals surface area contributed by atoms with Crippen LogP contribution in [0.15, 0.2) is 54.7 Å². The van der Waals surface area contributed by atoms with Crippen LogP contribution in [0.4, 0.5) is 17.5 Å². The van der Waals surface area contributed by atoms with Crippen LogP contribution in [0.5, 0.6) is 0 Å². The van der Waals surface area contributed by atoms with Gasteiger partial charge in [-0.2, -0.15) is 4.98 Å². The van der Waals surface area contributed by atoms with Gasteiger partial charge in [0.15, 0.2) is 0 Å². The van der Waals surface area contributed by atoms with Crippen molar-refractivity contribution in [3.8, 4) is 0 Å². The summed E-state index contributed by atoms with van der Waals surface area (Å²) in [6.45, 7) is 8.34. The fourth-order valence-corrected chi connectivity index (χ4v) is 4.20. The number of aryl methyl sites for hydroxylation is 3. The summed E-state index contributed by atoms with van der Waals surface area (Å²) >= 11 is 0. The fraction of sp³-hybridized carbons (Fsp3) is 0.346. The lowest BCUT2D eigenvalue weighted by atomic mass is 9.97. The first-order chi connectivity index (χ1) is 15.5. The molecular formula is C26H31N5O. The Labute approximate surface area is 190 Å². The fourth-order valence-electron chi connectivity index (χ4n) is 4.20. The van der Waals surface area contributed by atoms with Gasteiger partial charge in [0.2, 0.25) is 11.9 Å². The van der Waals surface area contributed by atoms with Crippen molar-refractivity contribution in [3.63, 3.8) is 0 Å². The molecule has 3 aromatic rings. The Kier molecular flexibility index (Phi) is 6.69. The van der Waals surface area contributed by atoms with Gasteiger partial charge in [-0.3, -0.25) is 4.79 Å². The molecule has 2 aromatic carbocycles. The van der Waals surface area contributed by atoms with E-state index in [-0.39, 0.29) is 11.8 Å². The number of carbonyl (C=O) groups is 1. The van der Waals surface area contributed by atoms with Crippen molar-refractivity contribution in [3.05, 3.63) is 77.0 Å². The molecule has 1 amide bonds. The predicted octanol–water partition coefficient (Wildman–Crippen LogP) is 4.68. The van der Waals surface area contributed by atoms with Crippen LogP contribution in [0.3, 0.4) is 0 Å². The van der Waals surface area contributed by atoms with Crippen molar-refractivity contribution in [2.24, 2.45) is 5.92 Å². The zero-order valence-corrected chi connectivity index (χ0v) is 19.1. The van der Waals surface area contributed by atoms with Crippen molar-refractivity contribution in [2.75, 3.05) is 23.3 Å². The number of hydrogen-bond donors (Lipinski definition) is 2. The third kappa shape index (κ3) is 5.63. The molecule has 0 aliphatic carbocycles. The number of nitrogens with zero attached hydrogens (tertiary/aromatic N) is 3. The second-order valence-corrected chi connectivity index (χ2v) is 8.73. The molecule has 1 aliphatic rings. The average Bonchev–Trinajstić information content (AvgIpc) is 2.78. The number of aromatic nitrogens is 2. The van der Waals surface area contributed by atoms with Crippen LogP contribution in [0.1, 0.15) is 35.1 Å². The molecule has 6 nitrogen and oxygen atoms in total. The quantitative estimate of drug-likeness (QED) is 0.595. The molecule has 0 unspecified atom stereocenters. The van der Waals surface area contributed by atoms with Gasteiger partial charge in [0.05, 0.1) is 5.92 Å². The summed E-state index contributed by atoms with van der Waals surface area (Å²) in [5.74, 6) is 1.49. The maximum absolute atomic E-state index is 12.8. The molecule has 0 spiro atoms. The molecule has 32 heavy (non-hydrogen) atoms. The Morgan fingerprint density at radius 3 is 2.53 bits per heavy atom. The number of carbonyl (C=O) groups excluding carboxylic acids is 1. The number of benzene rings is 2. The highest BCUT2D eigenvalue weighted by Gasteiger charge is 2.26. The number of amides is 1. The first-order valence-corrected chi connectivity index (χ1v) is 11.2. The van der Waals surface area contributed by atoms with Gasteiger partial charge in [0.25, 0.3) is 0 Å². The molecule has 1 atom stereocenters. The SMILES string of the molecule is Cc1ccc(CNC(=O)[C@H]2CCCN(c3ccnc(Nc4cc(C)cc(C)c4)n3)C2)cc1. The van der Waals surface area contributed by atoms with Gasteiger partial charge in [-0.15, -0.1) is 0 Å². The highest BCUT2D eigenvalue weighted by atomic mass is 16.1. The molecule has 0 radical (unpaired) electrons. The van der Waals surface area contributed by atoms with Crippen molar-refractivity contribution in [1.82, 2.24) is 15.3 Å². The summed E-state index contributed by atoms with van der Waals surface area (Å²) in [7, 11) is 0. The standard InChI is InChI=1S/C26H31N5O/c1-18-6-8-21(9-7-18)16-28-25(32)22-5-4-12-31(17-22)24-10-11-27-26(30-24)29-23-14-19(2)13-20(3)15-23/h6-11,13-15,22H,4-5,12,16-17H2,1-3H3,(H,28,32)(H,27,29,30)/t22-/m0/s1. The van der Waals surface area contributed by atoms with Gasteiger partial charge in [0.1, 0.15) is 5.82 Å². The average molecular weight is 430 g/mol. The monoisotopic (exact) mass is 429 g/mol. The maximum Gasteiger partial charge on any atom is 0.229 e. The number of nitrogens with one attached hydrogen (secondary N) is 2. The normalized spacial score (nSPS) is 16.0. The summed E-state index contributed by atoms with van der Waals surface area (Å²) in [4.78, 5) is 24.1. The minimum atomic E-state index is -0.0417. The van der Waals surface area contributed by atoms with Crippen molar-refractivity contribution >= 4 is 23.4 Å². The zero-order chi connectivity index (χ0) is 22.5. The van der Waals surface area contributed by atoms with E-state index in [9.17, 15) is 4.79 Å². The highest BCUT2D eigenvalue weighted by Crippen LogP contribution is 2.24. The van der Waals surface area contributed by atoms with E-state index in [1.807, 2.05) is 6.07 Å². The second-order valence-electron chi connectivity index (χ2n) is 8.73. The third-order valence-corrected chi connectivity index (χ3v) is 5.82. The largest absolute Gasteiger partial charge is 0.356 e. The van der Waals surface area contributed by atoms with Crippen LogP contribution < -0.4 is 15.5 Å². The van der Waals surface area contributed by atoms with Crippen LogP contribution in [0.25, 0.3) is 0 Å². The van der Waals surface area contributed by atoms with Crippen LogP contribution in [-0.2, 0) is 11.3 Å². The minimum absolute atomic E-state index is 0.0417. The molecule has 1 saturated heterocycles. The van der Waals surface area contributed by atoms with Crippen molar-refractivity contribution in [2.45, 2.75) is 40.2 Å². The Balaban J connectivity index is 1.38. The molecule has 2 N–H and O–H groups in total. The Hall–Kier alpha value is -3.41. The lowest BCUT2D eigenvalue weighted by Crippen LogP contribution is -2.43. The molecule has 0 bridgehead atoms. The van der Waals surface area contributed by atoms with Gasteiger partial charge in [0, 0.05) is 31.5 Å². The number of rotatable bonds is 6. The third-order valence-electron chi connectivity index (χ3n) is 5.82. The first kappa shape index (κ1) is 21.8. The van der Waals surface area contributed by atoms with Crippen LogP contribution in [-0.4, -0.2) is 29.0 Å². The molecule has 4 rings (SSSR count). The first-order valence-electron chi connectivity index (χ1n) is 11.2. The van der Waals surface area contributed by atoms with Crippen molar-refractivity contribution < 1.29 is 4.79 Å². The lowest BCUT2D eigenvalue weighted by Gasteiger charge is -2.33.